The van der Waals surface area contributed by atoms with Crippen molar-refractivity contribution in [1.29, 1.82) is 0 Å². The fraction of sp³-hybridized carbons (Fsp3) is 0.0870. The third kappa shape index (κ3) is 2.77. The van der Waals surface area contributed by atoms with Crippen molar-refractivity contribution in [1.82, 2.24) is 9.55 Å². The van der Waals surface area contributed by atoms with Gasteiger partial charge in [-0.05, 0) is 30.7 Å². The SMILES string of the molecule is CCn1c(-c2ccccc2)c(C(=O)c2ncccc2C(=O)O)c2ccccc21. The van der Waals surface area contributed by atoms with E-state index >= 15 is 0 Å². The van der Waals surface area contributed by atoms with Gasteiger partial charge in [0.1, 0.15) is 5.69 Å². The third-order valence-electron chi connectivity index (χ3n) is 4.81. The van der Waals surface area contributed by atoms with Gasteiger partial charge in [0.15, 0.2) is 0 Å². The molecule has 5 heteroatoms. The molecule has 0 aliphatic heterocycles. The highest BCUT2D eigenvalue weighted by Crippen LogP contribution is 2.35. The van der Waals surface area contributed by atoms with Crippen LogP contribution < -0.4 is 0 Å². The van der Waals surface area contributed by atoms with Crippen molar-refractivity contribution in [3.05, 3.63) is 89.7 Å². The van der Waals surface area contributed by atoms with E-state index < -0.39 is 5.97 Å². The number of rotatable bonds is 5. The molecule has 28 heavy (non-hydrogen) atoms. The highest BCUT2D eigenvalue weighted by Gasteiger charge is 2.27. The molecule has 2 aromatic carbocycles. The Morgan fingerprint density at radius 1 is 0.964 bits per heavy atom. The number of aromatic carboxylic acids is 1. The number of carboxylic acids is 1. The van der Waals surface area contributed by atoms with Crippen molar-refractivity contribution >= 4 is 22.7 Å². The molecule has 0 aliphatic rings. The molecule has 4 rings (SSSR count). The first kappa shape index (κ1) is 17.7. The third-order valence-corrected chi connectivity index (χ3v) is 4.81. The van der Waals surface area contributed by atoms with Crippen LogP contribution in [0, 0.1) is 0 Å². The Morgan fingerprint density at radius 2 is 1.68 bits per heavy atom. The van der Waals surface area contributed by atoms with E-state index in [1.54, 1.807) is 0 Å². The van der Waals surface area contributed by atoms with Gasteiger partial charge < -0.3 is 9.67 Å². The van der Waals surface area contributed by atoms with Gasteiger partial charge in [-0.3, -0.25) is 9.78 Å². The van der Waals surface area contributed by atoms with Crippen LogP contribution in [0.2, 0.25) is 0 Å². The van der Waals surface area contributed by atoms with Crippen LogP contribution in [0.5, 0.6) is 0 Å². The number of benzene rings is 2. The molecule has 0 spiro atoms. The number of carbonyl (C=O) groups is 2. The molecule has 0 bridgehead atoms. The predicted octanol–water partition coefficient (Wildman–Crippen LogP) is 4.65. The minimum atomic E-state index is -1.17. The van der Waals surface area contributed by atoms with E-state index in [9.17, 15) is 14.7 Å². The molecule has 0 saturated carbocycles. The first-order valence-electron chi connectivity index (χ1n) is 9.03. The number of pyridine rings is 1. The topological polar surface area (TPSA) is 72.2 Å². The zero-order chi connectivity index (χ0) is 19.7. The minimum Gasteiger partial charge on any atom is -0.478 e. The van der Waals surface area contributed by atoms with Crippen LogP contribution in [-0.2, 0) is 6.54 Å². The maximum atomic E-state index is 13.6. The number of hydrogen-bond donors (Lipinski definition) is 1. The Hall–Kier alpha value is -3.73. The van der Waals surface area contributed by atoms with Gasteiger partial charge in [0.2, 0.25) is 5.78 Å². The lowest BCUT2D eigenvalue weighted by molar-refractivity contribution is 0.0692. The van der Waals surface area contributed by atoms with Crippen LogP contribution >= 0.6 is 0 Å². The van der Waals surface area contributed by atoms with Gasteiger partial charge in [0, 0.05) is 23.6 Å². The Balaban J connectivity index is 2.07. The molecule has 0 aliphatic carbocycles. The summed E-state index contributed by atoms with van der Waals surface area (Å²) < 4.78 is 2.08. The lowest BCUT2D eigenvalue weighted by Gasteiger charge is -2.11. The largest absolute Gasteiger partial charge is 0.478 e. The summed E-state index contributed by atoms with van der Waals surface area (Å²) in [6.07, 6.45) is 1.45. The number of para-hydroxylation sites is 1. The van der Waals surface area contributed by atoms with E-state index in [1.807, 2.05) is 61.5 Å². The Bertz CT molecular complexity index is 1190. The number of carboxylic acid groups (broad SMARTS) is 1. The van der Waals surface area contributed by atoms with Crippen molar-refractivity contribution in [3.8, 4) is 11.3 Å². The second-order valence-corrected chi connectivity index (χ2v) is 6.38. The standard InChI is InChI=1S/C23H18N2O3/c1-2-25-18-13-7-6-11-16(18)19(21(25)15-9-4-3-5-10-15)22(26)20-17(23(27)28)12-8-14-24-20/h3-14H,2H2,1H3,(H,27,28). The molecule has 0 unspecified atom stereocenters. The maximum Gasteiger partial charge on any atom is 0.338 e. The number of nitrogens with zero attached hydrogens (tertiary/aromatic N) is 2. The quantitative estimate of drug-likeness (QED) is 0.519. The fourth-order valence-electron chi connectivity index (χ4n) is 3.64. The maximum absolute atomic E-state index is 13.6. The molecular formula is C23H18N2O3. The van der Waals surface area contributed by atoms with Gasteiger partial charge in [-0.2, -0.15) is 0 Å². The van der Waals surface area contributed by atoms with Crippen LogP contribution in [0.25, 0.3) is 22.2 Å². The van der Waals surface area contributed by atoms with Gasteiger partial charge in [-0.25, -0.2) is 4.79 Å². The Morgan fingerprint density at radius 3 is 2.39 bits per heavy atom. The summed E-state index contributed by atoms with van der Waals surface area (Å²) >= 11 is 0. The van der Waals surface area contributed by atoms with Crippen LogP contribution in [-0.4, -0.2) is 26.4 Å². The summed E-state index contributed by atoms with van der Waals surface area (Å²) in [6, 6.07) is 20.3. The summed E-state index contributed by atoms with van der Waals surface area (Å²) in [6.45, 7) is 2.70. The van der Waals surface area contributed by atoms with Crippen LogP contribution in [0.1, 0.15) is 33.3 Å². The van der Waals surface area contributed by atoms with E-state index in [1.165, 1.54) is 18.3 Å². The van der Waals surface area contributed by atoms with E-state index in [0.29, 0.717) is 12.1 Å². The first-order chi connectivity index (χ1) is 13.6. The van der Waals surface area contributed by atoms with E-state index in [4.69, 9.17) is 0 Å². The van der Waals surface area contributed by atoms with Crippen molar-refractivity contribution in [3.63, 3.8) is 0 Å². The van der Waals surface area contributed by atoms with Crippen LogP contribution in [0.15, 0.2) is 72.9 Å². The van der Waals surface area contributed by atoms with E-state index in [0.717, 1.165) is 22.2 Å². The van der Waals surface area contributed by atoms with Crippen molar-refractivity contribution in [2.75, 3.05) is 0 Å². The van der Waals surface area contributed by atoms with Gasteiger partial charge in [0.05, 0.1) is 16.8 Å². The molecule has 0 radical (unpaired) electrons. The van der Waals surface area contributed by atoms with Crippen LogP contribution in [0.4, 0.5) is 0 Å². The number of hydrogen-bond acceptors (Lipinski definition) is 3. The van der Waals surface area contributed by atoms with Gasteiger partial charge in [-0.1, -0.05) is 48.5 Å². The van der Waals surface area contributed by atoms with Gasteiger partial charge in [0.25, 0.3) is 0 Å². The molecule has 2 heterocycles. The highest BCUT2D eigenvalue weighted by molar-refractivity contribution is 6.22. The van der Waals surface area contributed by atoms with Gasteiger partial charge in [-0.15, -0.1) is 0 Å². The number of ketones is 1. The average molecular weight is 370 g/mol. The average Bonchev–Trinajstić information content (AvgIpc) is 3.08. The molecule has 4 aromatic rings. The number of aromatic nitrogens is 2. The van der Waals surface area contributed by atoms with Gasteiger partial charge >= 0.3 is 5.97 Å². The second-order valence-electron chi connectivity index (χ2n) is 6.38. The van der Waals surface area contributed by atoms with Crippen molar-refractivity contribution in [2.45, 2.75) is 13.5 Å². The molecule has 1 N–H and O–H groups in total. The fourth-order valence-corrected chi connectivity index (χ4v) is 3.64. The monoisotopic (exact) mass is 370 g/mol. The Kier molecular flexibility index (Phi) is 4.49. The highest BCUT2D eigenvalue weighted by atomic mass is 16.4. The number of fused-ring (bicyclic) bond motifs is 1. The van der Waals surface area contributed by atoms with E-state index in [-0.39, 0.29) is 17.0 Å². The molecule has 0 atom stereocenters. The second kappa shape index (κ2) is 7.12. The van der Waals surface area contributed by atoms with Crippen molar-refractivity contribution < 1.29 is 14.7 Å². The van der Waals surface area contributed by atoms with E-state index in [2.05, 4.69) is 9.55 Å². The molecule has 138 valence electrons. The summed E-state index contributed by atoms with van der Waals surface area (Å²) in [7, 11) is 0. The summed E-state index contributed by atoms with van der Waals surface area (Å²) in [5.74, 6) is -1.56. The smallest absolute Gasteiger partial charge is 0.338 e. The molecular weight excluding hydrogens is 352 g/mol. The summed E-state index contributed by atoms with van der Waals surface area (Å²) in [5.41, 5.74) is 2.93. The lowest BCUT2D eigenvalue weighted by Crippen LogP contribution is -2.13. The number of carbonyl (C=O) groups excluding carboxylic acids is 1. The molecule has 0 amide bonds. The Labute approximate surface area is 161 Å². The predicted molar refractivity (Wildman–Crippen MR) is 108 cm³/mol. The van der Waals surface area contributed by atoms with Crippen LogP contribution in [0.3, 0.4) is 0 Å². The summed E-state index contributed by atoms with van der Waals surface area (Å²) in [5, 5.41) is 10.3. The lowest BCUT2D eigenvalue weighted by atomic mass is 9.97. The molecule has 5 nitrogen and oxygen atoms in total. The minimum absolute atomic E-state index is 0.0498. The summed E-state index contributed by atoms with van der Waals surface area (Å²) in [4.78, 5) is 29.3. The molecule has 0 saturated heterocycles. The molecule has 2 aromatic heterocycles. The zero-order valence-electron chi connectivity index (χ0n) is 15.3. The van der Waals surface area contributed by atoms with Crippen molar-refractivity contribution in [2.24, 2.45) is 0 Å². The number of aryl methyl sites for hydroxylation is 1. The normalized spacial score (nSPS) is 10.9. The first-order valence-corrected chi connectivity index (χ1v) is 9.03. The zero-order valence-corrected chi connectivity index (χ0v) is 15.3. The molecule has 0 fully saturated rings.